The third-order valence-electron chi connectivity index (χ3n) is 2.51. The fourth-order valence-electron chi connectivity index (χ4n) is 1.64. The topological polar surface area (TPSA) is 68.3 Å². The second-order valence-electron chi connectivity index (χ2n) is 3.81. The number of amidine groups is 1. The van der Waals surface area contributed by atoms with Crippen LogP contribution in [0.15, 0.2) is 42.5 Å². The van der Waals surface area contributed by atoms with Gasteiger partial charge in [0.15, 0.2) is 0 Å². The average molecular weight is 277 g/mol. The molecule has 0 bridgehead atoms. The molecule has 0 fully saturated rings. The van der Waals surface area contributed by atoms with E-state index >= 15 is 0 Å². The molecule has 0 aliphatic rings. The van der Waals surface area contributed by atoms with Gasteiger partial charge in [-0.2, -0.15) is 0 Å². The quantitative estimate of drug-likeness (QED) is 0.664. The Kier molecular flexibility index (Phi) is 3.92. The first kappa shape index (κ1) is 13.2. The van der Waals surface area contributed by atoms with E-state index in [1.54, 1.807) is 37.4 Å². The van der Waals surface area contributed by atoms with E-state index in [1.807, 2.05) is 12.1 Å². The smallest absolute Gasteiger partial charge is 0.139 e. The van der Waals surface area contributed by atoms with Gasteiger partial charge in [-0.15, -0.1) is 0 Å². The monoisotopic (exact) mass is 276 g/mol. The fraction of sp³-hybridized carbons (Fsp3) is 0.0714. The Bertz CT molecular complexity index is 614. The largest absolute Gasteiger partial charge is 0.497 e. The van der Waals surface area contributed by atoms with E-state index in [0.29, 0.717) is 27.8 Å². The van der Waals surface area contributed by atoms with Gasteiger partial charge in [0.25, 0.3) is 0 Å². The maximum absolute atomic E-state index is 7.55. The molecule has 2 aromatic rings. The van der Waals surface area contributed by atoms with Gasteiger partial charge < -0.3 is 15.2 Å². The van der Waals surface area contributed by atoms with Crippen molar-refractivity contribution < 1.29 is 9.47 Å². The van der Waals surface area contributed by atoms with Crippen molar-refractivity contribution in [2.75, 3.05) is 7.11 Å². The van der Waals surface area contributed by atoms with Crippen molar-refractivity contribution in [1.82, 2.24) is 0 Å². The average Bonchev–Trinajstić information content (AvgIpc) is 2.38. The fourth-order valence-corrected chi connectivity index (χ4v) is 1.91. The van der Waals surface area contributed by atoms with Gasteiger partial charge in [0, 0.05) is 6.07 Å². The summed E-state index contributed by atoms with van der Waals surface area (Å²) in [5.41, 5.74) is 5.90. The minimum Gasteiger partial charge on any atom is -0.497 e. The molecule has 5 heteroatoms. The normalized spacial score (nSPS) is 10.0. The Morgan fingerprint density at radius 1 is 1.16 bits per heavy atom. The van der Waals surface area contributed by atoms with E-state index < -0.39 is 0 Å². The lowest BCUT2D eigenvalue weighted by atomic mass is 10.2. The van der Waals surface area contributed by atoms with Crippen LogP contribution in [0.25, 0.3) is 0 Å². The SMILES string of the molecule is COc1cccc(Oc2cccc(Cl)c2C(=N)N)c1. The molecule has 0 aliphatic heterocycles. The Balaban J connectivity index is 2.38. The summed E-state index contributed by atoms with van der Waals surface area (Å²) in [6.07, 6.45) is 0. The van der Waals surface area contributed by atoms with Crippen LogP contribution in [0, 0.1) is 5.41 Å². The lowest BCUT2D eigenvalue weighted by Crippen LogP contribution is -2.13. The van der Waals surface area contributed by atoms with E-state index in [1.165, 1.54) is 0 Å². The number of ether oxygens (including phenoxy) is 2. The number of benzene rings is 2. The summed E-state index contributed by atoms with van der Waals surface area (Å²) in [6.45, 7) is 0. The van der Waals surface area contributed by atoms with Crippen molar-refractivity contribution in [1.29, 1.82) is 5.41 Å². The van der Waals surface area contributed by atoms with E-state index in [0.717, 1.165) is 0 Å². The van der Waals surface area contributed by atoms with E-state index in [9.17, 15) is 0 Å². The minimum absolute atomic E-state index is 0.136. The summed E-state index contributed by atoms with van der Waals surface area (Å²) in [5.74, 6) is 1.57. The molecule has 0 radical (unpaired) electrons. The van der Waals surface area contributed by atoms with Crippen molar-refractivity contribution >= 4 is 17.4 Å². The highest BCUT2D eigenvalue weighted by molar-refractivity contribution is 6.34. The maximum Gasteiger partial charge on any atom is 0.139 e. The van der Waals surface area contributed by atoms with Crippen LogP contribution in [0.2, 0.25) is 5.02 Å². The van der Waals surface area contributed by atoms with Crippen molar-refractivity contribution in [2.24, 2.45) is 5.73 Å². The predicted molar refractivity (Wildman–Crippen MR) is 75.5 cm³/mol. The zero-order valence-electron chi connectivity index (χ0n) is 10.3. The molecule has 0 spiro atoms. The number of rotatable bonds is 4. The Labute approximate surface area is 116 Å². The predicted octanol–water partition coefficient (Wildman–Crippen LogP) is 3.42. The molecule has 0 heterocycles. The van der Waals surface area contributed by atoms with Gasteiger partial charge in [-0.1, -0.05) is 23.7 Å². The molecule has 98 valence electrons. The van der Waals surface area contributed by atoms with Crippen LogP contribution >= 0.6 is 11.6 Å². The van der Waals surface area contributed by atoms with Gasteiger partial charge in [-0.3, -0.25) is 5.41 Å². The molecule has 2 rings (SSSR count). The number of nitrogens with two attached hydrogens (primary N) is 1. The summed E-state index contributed by atoms with van der Waals surface area (Å²) < 4.78 is 10.8. The van der Waals surface area contributed by atoms with Crippen LogP contribution < -0.4 is 15.2 Å². The lowest BCUT2D eigenvalue weighted by Gasteiger charge is -2.12. The van der Waals surface area contributed by atoms with Crippen molar-refractivity contribution in [3.63, 3.8) is 0 Å². The molecule has 2 aromatic carbocycles. The van der Waals surface area contributed by atoms with Crippen LogP contribution in [0.3, 0.4) is 0 Å². The van der Waals surface area contributed by atoms with Crippen LogP contribution in [0.1, 0.15) is 5.56 Å². The summed E-state index contributed by atoms with van der Waals surface area (Å²) in [4.78, 5) is 0. The number of halogens is 1. The Morgan fingerprint density at radius 2 is 1.84 bits per heavy atom. The van der Waals surface area contributed by atoms with Crippen molar-refractivity contribution in [2.45, 2.75) is 0 Å². The van der Waals surface area contributed by atoms with Crippen LogP contribution in [-0.4, -0.2) is 12.9 Å². The van der Waals surface area contributed by atoms with Gasteiger partial charge in [0.2, 0.25) is 0 Å². The van der Waals surface area contributed by atoms with Crippen LogP contribution in [0.4, 0.5) is 0 Å². The number of nitrogens with one attached hydrogen (secondary N) is 1. The summed E-state index contributed by atoms with van der Waals surface area (Å²) >= 11 is 6.02. The second-order valence-corrected chi connectivity index (χ2v) is 4.21. The van der Waals surface area contributed by atoms with Gasteiger partial charge in [-0.25, -0.2) is 0 Å². The first-order valence-electron chi connectivity index (χ1n) is 5.56. The van der Waals surface area contributed by atoms with E-state index in [2.05, 4.69) is 0 Å². The zero-order chi connectivity index (χ0) is 13.8. The highest BCUT2D eigenvalue weighted by Gasteiger charge is 2.12. The molecule has 0 saturated heterocycles. The zero-order valence-corrected chi connectivity index (χ0v) is 11.1. The summed E-state index contributed by atoms with van der Waals surface area (Å²) in [6, 6.07) is 12.3. The standard InChI is InChI=1S/C14H13ClN2O2/c1-18-9-4-2-5-10(8-9)19-12-7-3-6-11(15)13(12)14(16)17/h2-8H,1H3,(H3,16,17). The molecule has 19 heavy (non-hydrogen) atoms. The van der Waals surface area contributed by atoms with Gasteiger partial charge in [0.05, 0.1) is 17.7 Å². The first-order valence-corrected chi connectivity index (χ1v) is 5.94. The molecule has 0 amide bonds. The highest BCUT2D eigenvalue weighted by Crippen LogP contribution is 2.31. The van der Waals surface area contributed by atoms with Gasteiger partial charge in [0.1, 0.15) is 23.1 Å². The number of hydrogen-bond acceptors (Lipinski definition) is 3. The lowest BCUT2D eigenvalue weighted by molar-refractivity contribution is 0.409. The molecule has 0 aliphatic carbocycles. The molecule has 0 unspecified atom stereocenters. The number of nitrogen functional groups attached to an aromatic ring is 1. The van der Waals surface area contributed by atoms with Gasteiger partial charge in [-0.05, 0) is 24.3 Å². The molecular weight excluding hydrogens is 264 g/mol. The highest BCUT2D eigenvalue weighted by atomic mass is 35.5. The van der Waals surface area contributed by atoms with Crippen LogP contribution in [0.5, 0.6) is 17.2 Å². The maximum atomic E-state index is 7.55. The Morgan fingerprint density at radius 3 is 2.53 bits per heavy atom. The Hall–Kier alpha value is -2.20. The third kappa shape index (κ3) is 2.98. The summed E-state index contributed by atoms with van der Waals surface area (Å²) in [7, 11) is 1.58. The van der Waals surface area contributed by atoms with Gasteiger partial charge >= 0.3 is 0 Å². The molecule has 0 saturated carbocycles. The van der Waals surface area contributed by atoms with E-state index in [4.69, 9.17) is 32.2 Å². The first-order chi connectivity index (χ1) is 9.11. The van der Waals surface area contributed by atoms with Crippen LogP contribution in [-0.2, 0) is 0 Å². The van der Waals surface area contributed by atoms with Crippen molar-refractivity contribution in [3.8, 4) is 17.2 Å². The molecule has 0 aromatic heterocycles. The molecule has 4 nitrogen and oxygen atoms in total. The second kappa shape index (κ2) is 5.63. The van der Waals surface area contributed by atoms with Crippen molar-refractivity contribution in [3.05, 3.63) is 53.1 Å². The minimum atomic E-state index is -0.136. The molecule has 0 atom stereocenters. The number of hydrogen-bond donors (Lipinski definition) is 2. The number of methoxy groups -OCH3 is 1. The molecular formula is C14H13ClN2O2. The molecule has 3 N–H and O–H groups in total. The summed E-state index contributed by atoms with van der Waals surface area (Å²) in [5, 5.41) is 7.93. The van der Waals surface area contributed by atoms with E-state index in [-0.39, 0.29) is 5.84 Å². The third-order valence-corrected chi connectivity index (χ3v) is 2.83.